The summed E-state index contributed by atoms with van der Waals surface area (Å²) in [6.45, 7) is 2.02. The fourth-order valence-corrected chi connectivity index (χ4v) is 1.87. The third kappa shape index (κ3) is 3.79. The first-order valence-corrected chi connectivity index (χ1v) is 6.67. The zero-order valence-electron chi connectivity index (χ0n) is 11.3. The second-order valence-corrected chi connectivity index (χ2v) is 4.52. The summed E-state index contributed by atoms with van der Waals surface area (Å²) in [6.07, 6.45) is 2.88. The monoisotopic (exact) mass is 304 g/mol. The van der Waals surface area contributed by atoms with Crippen LogP contribution in [0.2, 0.25) is 5.02 Å². The number of nitrogens with zero attached hydrogens (tertiary/aromatic N) is 1. The van der Waals surface area contributed by atoms with Crippen LogP contribution in [0.4, 0.5) is 5.69 Å². The van der Waals surface area contributed by atoms with Crippen LogP contribution in [0.1, 0.15) is 27.6 Å². The van der Waals surface area contributed by atoms with Crippen LogP contribution in [0.3, 0.4) is 0 Å². The molecule has 0 aliphatic rings. The Kier molecular flexibility index (Phi) is 4.90. The molecule has 1 amide bonds. The Bertz CT molecular complexity index is 673. The lowest BCUT2D eigenvalue weighted by atomic mass is 10.2. The van der Waals surface area contributed by atoms with Gasteiger partial charge in [0.1, 0.15) is 0 Å². The van der Waals surface area contributed by atoms with Crippen molar-refractivity contribution in [3.63, 3.8) is 0 Å². The Balaban J connectivity index is 2.17. The zero-order valence-corrected chi connectivity index (χ0v) is 12.1. The second-order valence-electron chi connectivity index (χ2n) is 4.11. The van der Waals surface area contributed by atoms with Gasteiger partial charge in [-0.15, -0.1) is 0 Å². The molecule has 1 aromatic heterocycles. The van der Waals surface area contributed by atoms with Crippen LogP contribution in [0.15, 0.2) is 42.7 Å². The third-order valence-electron chi connectivity index (χ3n) is 2.64. The van der Waals surface area contributed by atoms with Crippen LogP contribution in [0, 0.1) is 0 Å². The summed E-state index contributed by atoms with van der Waals surface area (Å²) in [5.41, 5.74) is 1.11. The molecule has 0 saturated heterocycles. The summed E-state index contributed by atoms with van der Waals surface area (Å²) < 4.78 is 4.91. The van der Waals surface area contributed by atoms with Crippen LogP contribution in [-0.4, -0.2) is 23.5 Å². The van der Waals surface area contributed by atoms with Crippen molar-refractivity contribution < 1.29 is 14.3 Å². The number of nitrogens with one attached hydrogen (secondary N) is 1. The highest BCUT2D eigenvalue weighted by Crippen LogP contribution is 2.17. The van der Waals surface area contributed by atoms with Crippen LogP contribution in [0.5, 0.6) is 0 Å². The van der Waals surface area contributed by atoms with E-state index in [1.165, 1.54) is 18.5 Å². The highest BCUT2D eigenvalue weighted by molar-refractivity contribution is 6.34. The van der Waals surface area contributed by atoms with Gasteiger partial charge in [0.2, 0.25) is 0 Å². The number of ether oxygens (including phenoxy) is 1. The van der Waals surface area contributed by atoms with Gasteiger partial charge in [-0.1, -0.05) is 17.7 Å². The first kappa shape index (κ1) is 15.0. The van der Waals surface area contributed by atoms with Crippen LogP contribution >= 0.6 is 11.6 Å². The van der Waals surface area contributed by atoms with Gasteiger partial charge in [-0.25, -0.2) is 4.79 Å². The molecule has 0 radical (unpaired) electrons. The van der Waals surface area contributed by atoms with Crippen LogP contribution in [0.25, 0.3) is 0 Å². The minimum atomic E-state index is -0.437. The summed E-state index contributed by atoms with van der Waals surface area (Å²) in [5.74, 6) is -0.831. The van der Waals surface area contributed by atoms with Crippen molar-refractivity contribution in [2.45, 2.75) is 6.92 Å². The Morgan fingerprint density at radius 2 is 2.14 bits per heavy atom. The van der Waals surface area contributed by atoms with E-state index in [4.69, 9.17) is 16.3 Å². The van der Waals surface area contributed by atoms with Crippen molar-refractivity contribution in [2.24, 2.45) is 0 Å². The molecule has 0 saturated carbocycles. The standard InChI is InChI=1S/C15H13ClN2O3/c1-2-21-15(20)10-4-3-5-11(8-10)18-14(19)12-9-17-7-6-13(12)16/h3-9H,2H2,1H3,(H,18,19). The van der Waals surface area contributed by atoms with E-state index in [0.717, 1.165) is 0 Å². The largest absolute Gasteiger partial charge is 0.462 e. The predicted octanol–water partition coefficient (Wildman–Crippen LogP) is 3.16. The molecule has 21 heavy (non-hydrogen) atoms. The first-order valence-electron chi connectivity index (χ1n) is 6.30. The van der Waals surface area contributed by atoms with Crippen LogP contribution in [-0.2, 0) is 4.74 Å². The quantitative estimate of drug-likeness (QED) is 0.881. The molecule has 0 spiro atoms. The molecule has 5 nitrogen and oxygen atoms in total. The van der Waals surface area contributed by atoms with Crippen molar-refractivity contribution in [1.82, 2.24) is 4.98 Å². The Morgan fingerprint density at radius 3 is 2.86 bits per heavy atom. The molecule has 1 aromatic carbocycles. The summed E-state index contributed by atoms with van der Waals surface area (Å²) >= 11 is 5.93. The van der Waals surface area contributed by atoms with Crippen molar-refractivity contribution >= 4 is 29.2 Å². The van der Waals surface area contributed by atoms with E-state index in [-0.39, 0.29) is 5.56 Å². The number of amides is 1. The fourth-order valence-electron chi connectivity index (χ4n) is 1.68. The molecule has 108 valence electrons. The number of esters is 1. The second kappa shape index (κ2) is 6.85. The maximum absolute atomic E-state index is 12.1. The van der Waals surface area contributed by atoms with E-state index in [2.05, 4.69) is 10.3 Å². The number of aromatic nitrogens is 1. The predicted molar refractivity (Wildman–Crippen MR) is 79.6 cm³/mol. The summed E-state index contributed by atoms with van der Waals surface area (Å²) in [6, 6.07) is 8.02. The lowest BCUT2D eigenvalue weighted by Crippen LogP contribution is -2.13. The molecule has 0 atom stereocenters. The molecule has 0 aliphatic carbocycles. The molecular formula is C15H13ClN2O3. The van der Waals surface area contributed by atoms with Crippen molar-refractivity contribution in [3.05, 3.63) is 58.9 Å². The summed E-state index contributed by atoms with van der Waals surface area (Å²) in [7, 11) is 0. The van der Waals surface area contributed by atoms with Crippen molar-refractivity contribution in [3.8, 4) is 0 Å². The molecule has 1 heterocycles. The number of rotatable bonds is 4. The number of hydrogen-bond acceptors (Lipinski definition) is 4. The Morgan fingerprint density at radius 1 is 1.33 bits per heavy atom. The number of hydrogen-bond donors (Lipinski definition) is 1. The highest BCUT2D eigenvalue weighted by Gasteiger charge is 2.12. The van der Waals surface area contributed by atoms with Gasteiger partial charge in [0.15, 0.2) is 0 Å². The Hall–Kier alpha value is -2.40. The zero-order chi connectivity index (χ0) is 15.2. The van der Waals surface area contributed by atoms with E-state index in [1.54, 1.807) is 31.2 Å². The van der Waals surface area contributed by atoms with Gasteiger partial charge in [0.05, 0.1) is 22.8 Å². The Labute approximate surface area is 126 Å². The molecule has 1 N–H and O–H groups in total. The number of carbonyl (C=O) groups excluding carboxylic acids is 2. The van der Waals surface area contributed by atoms with Crippen molar-refractivity contribution in [2.75, 3.05) is 11.9 Å². The van der Waals surface area contributed by atoms with Crippen molar-refractivity contribution in [1.29, 1.82) is 0 Å². The fraction of sp³-hybridized carbons (Fsp3) is 0.133. The highest BCUT2D eigenvalue weighted by atomic mass is 35.5. The minimum Gasteiger partial charge on any atom is -0.462 e. The molecule has 0 bridgehead atoms. The number of benzene rings is 1. The van der Waals surface area contributed by atoms with Gasteiger partial charge in [-0.05, 0) is 31.2 Å². The number of anilines is 1. The van der Waals surface area contributed by atoms with Gasteiger partial charge < -0.3 is 10.1 Å². The van der Waals surface area contributed by atoms with E-state index < -0.39 is 11.9 Å². The molecular weight excluding hydrogens is 292 g/mol. The minimum absolute atomic E-state index is 0.265. The van der Waals surface area contributed by atoms with E-state index in [0.29, 0.717) is 22.9 Å². The number of pyridine rings is 1. The average Bonchev–Trinajstić information content (AvgIpc) is 2.48. The summed E-state index contributed by atoms with van der Waals surface area (Å²) in [5, 5.41) is 2.97. The molecule has 2 aromatic rings. The molecule has 0 fully saturated rings. The normalized spacial score (nSPS) is 10.0. The first-order chi connectivity index (χ1) is 10.1. The molecule has 0 unspecified atom stereocenters. The van der Waals surface area contributed by atoms with Gasteiger partial charge in [-0.3, -0.25) is 9.78 Å². The lowest BCUT2D eigenvalue weighted by Gasteiger charge is -2.08. The van der Waals surface area contributed by atoms with Gasteiger partial charge in [0, 0.05) is 18.1 Å². The summed E-state index contributed by atoms with van der Waals surface area (Å²) in [4.78, 5) is 27.6. The SMILES string of the molecule is CCOC(=O)c1cccc(NC(=O)c2cnccc2Cl)c1. The van der Waals surface area contributed by atoms with E-state index >= 15 is 0 Å². The maximum Gasteiger partial charge on any atom is 0.338 e. The molecule has 6 heteroatoms. The van der Waals surface area contributed by atoms with Crippen LogP contribution < -0.4 is 5.32 Å². The smallest absolute Gasteiger partial charge is 0.338 e. The van der Waals surface area contributed by atoms with Gasteiger partial charge >= 0.3 is 5.97 Å². The topological polar surface area (TPSA) is 68.3 Å². The van der Waals surface area contributed by atoms with E-state index in [1.807, 2.05) is 0 Å². The number of carbonyl (C=O) groups is 2. The molecule has 2 rings (SSSR count). The van der Waals surface area contributed by atoms with Gasteiger partial charge in [-0.2, -0.15) is 0 Å². The van der Waals surface area contributed by atoms with E-state index in [9.17, 15) is 9.59 Å². The third-order valence-corrected chi connectivity index (χ3v) is 2.97. The average molecular weight is 305 g/mol. The lowest BCUT2D eigenvalue weighted by molar-refractivity contribution is 0.0526. The molecule has 0 aliphatic heterocycles. The maximum atomic E-state index is 12.1. The van der Waals surface area contributed by atoms with Gasteiger partial charge in [0.25, 0.3) is 5.91 Å². The number of halogens is 1.